The van der Waals surface area contributed by atoms with Gasteiger partial charge in [0.1, 0.15) is 23.9 Å². The lowest BCUT2D eigenvalue weighted by Gasteiger charge is -2.12. The standard InChI is InChI=1S/C22H23ClN4O4S/c1-4-11-27-20(13-31-16-7-5-15(23)6-8-16)25-26-22(27)32-14-21(28)24-18-10-9-17(29-2)12-19(18)30-3/h4-10,12H,1,11,13-14H2,2-3H3,(H,24,28). The van der Waals surface area contributed by atoms with Gasteiger partial charge < -0.3 is 19.5 Å². The van der Waals surface area contributed by atoms with Crippen molar-refractivity contribution in [3.05, 3.63) is 66.0 Å². The van der Waals surface area contributed by atoms with E-state index in [9.17, 15) is 4.79 Å². The van der Waals surface area contributed by atoms with Gasteiger partial charge in [-0.3, -0.25) is 9.36 Å². The molecule has 0 aliphatic rings. The molecule has 1 aromatic heterocycles. The first-order chi connectivity index (χ1) is 15.5. The van der Waals surface area contributed by atoms with Gasteiger partial charge in [-0.2, -0.15) is 0 Å². The summed E-state index contributed by atoms with van der Waals surface area (Å²) in [7, 11) is 3.10. The van der Waals surface area contributed by atoms with Crippen LogP contribution in [0.3, 0.4) is 0 Å². The van der Waals surface area contributed by atoms with E-state index in [1.54, 1.807) is 55.7 Å². The molecular formula is C22H23ClN4O4S. The second kappa shape index (κ2) is 11.4. The smallest absolute Gasteiger partial charge is 0.234 e. The number of carbonyl (C=O) groups is 1. The van der Waals surface area contributed by atoms with Crippen molar-refractivity contribution in [2.75, 3.05) is 25.3 Å². The largest absolute Gasteiger partial charge is 0.497 e. The molecule has 0 atom stereocenters. The number of methoxy groups -OCH3 is 2. The van der Waals surface area contributed by atoms with Crippen LogP contribution in [0, 0.1) is 0 Å². The molecule has 0 unspecified atom stereocenters. The number of aromatic nitrogens is 3. The maximum absolute atomic E-state index is 12.5. The molecule has 0 aliphatic heterocycles. The van der Waals surface area contributed by atoms with Crippen LogP contribution in [-0.4, -0.2) is 40.6 Å². The number of hydrogen-bond donors (Lipinski definition) is 1. The summed E-state index contributed by atoms with van der Waals surface area (Å²) in [4.78, 5) is 12.5. The van der Waals surface area contributed by atoms with E-state index < -0.39 is 0 Å². The van der Waals surface area contributed by atoms with Crippen LogP contribution in [0.1, 0.15) is 5.82 Å². The molecule has 1 N–H and O–H groups in total. The fourth-order valence-corrected chi connectivity index (χ4v) is 3.63. The van der Waals surface area contributed by atoms with E-state index in [0.29, 0.717) is 45.5 Å². The molecule has 1 heterocycles. The summed E-state index contributed by atoms with van der Waals surface area (Å²) in [6.07, 6.45) is 1.74. The fourth-order valence-electron chi connectivity index (χ4n) is 2.74. The Morgan fingerprint density at radius 2 is 1.91 bits per heavy atom. The van der Waals surface area contributed by atoms with Crippen molar-refractivity contribution in [1.29, 1.82) is 0 Å². The maximum atomic E-state index is 12.5. The number of allylic oxidation sites excluding steroid dienone is 1. The number of nitrogens with one attached hydrogen (secondary N) is 1. The van der Waals surface area contributed by atoms with Crippen molar-refractivity contribution in [2.45, 2.75) is 18.3 Å². The van der Waals surface area contributed by atoms with E-state index >= 15 is 0 Å². The van der Waals surface area contributed by atoms with Crippen LogP contribution < -0.4 is 19.5 Å². The predicted octanol–water partition coefficient (Wildman–Crippen LogP) is 4.44. The summed E-state index contributed by atoms with van der Waals surface area (Å²) in [5, 5.41) is 12.5. The van der Waals surface area contributed by atoms with E-state index in [1.165, 1.54) is 18.9 Å². The van der Waals surface area contributed by atoms with Crippen molar-refractivity contribution in [3.8, 4) is 17.2 Å². The van der Waals surface area contributed by atoms with Gasteiger partial charge in [0.25, 0.3) is 0 Å². The molecule has 3 rings (SSSR count). The number of hydrogen-bond acceptors (Lipinski definition) is 7. The van der Waals surface area contributed by atoms with Crippen LogP contribution >= 0.6 is 23.4 Å². The second-order valence-electron chi connectivity index (χ2n) is 6.44. The van der Waals surface area contributed by atoms with E-state index in [0.717, 1.165) is 0 Å². The Balaban J connectivity index is 1.62. The van der Waals surface area contributed by atoms with Gasteiger partial charge >= 0.3 is 0 Å². The highest BCUT2D eigenvalue weighted by atomic mass is 35.5. The van der Waals surface area contributed by atoms with Crippen molar-refractivity contribution >= 4 is 35.0 Å². The highest BCUT2D eigenvalue weighted by molar-refractivity contribution is 7.99. The number of thioether (sulfide) groups is 1. The highest BCUT2D eigenvalue weighted by Crippen LogP contribution is 2.29. The first-order valence-electron chi connectivity index (χ1n) is 9.60. The summed E-state index contributed by atoms with van der Waals surface area (Å²) in [5.74, 6) is 2.39. The summed E-state index contributed by atoms with van der Waals surface area (Å²) in [6.45, 7) is 4.49. The average molecular weight is 475 g/mol. The molecule has 10 heteroatoms. The minimum absolute atomic E-state index is 0.141. The molecule has 0 spiro atoms. The van der Waals surface area contributed by atoms with Crippen LogP contribution in [0.4, 0.5) is 5.69 Å². The van der Waals surface area contributed by atoms with E-state index in [4.69, 9.17) is 25.8 Å². The number of amides is 1. The normalized spacial score (nSPS) is 10.5. The molecular weight excluding hydrogens is 452 g/mol. The lowest BCUT2D eigenvalue weighted by atomic mass is 10.2. The van der Waals surface area contributed by atoms with Crippen LogP contribution in [0.15, 0.2) is 60.3 Å². The Hall–Kier alpha value is -3.17. The molecule has 8 nitrogen and oxygen atoms in total. The van der Waals surface area contributed by atoms with Crippen LogP contribution in [0.25, 0.3) is 0 Å². The Labute approximate surface area is 195 Å². The van der Waals surface area contributed by atoms with Crippen molar-refractivity contribution in [3.63, 3.8) is 0 Å². The summed E-state index contributed by atoms with van der Waals surface area (Å²) in [5.41, 5.74) is 0.559. The molecule has 168 valence electrons. The number of rotatable bonds is 11. The molecule has 32 heavy (non-hydrogen) atoms. The quantitative estimate of drug-likeness (QED) is 0.324. The molecule has 1 amide bonds. The van der Waals surface area contributed by atoms with Crippen LogP contribution in [0.5, 0.6) is 17.2 Å². The van der Waals surface area contributed by atoms with Gasteiger partial charge in [-0.25, -0.2) is 0 Å². The molecule has 0 aliphatic carbocycles. The van der Waals surface area contributed by atoms with E-state index in [1.807, 2.05) is 4.57 Å². The maximum Gasteiger partial charge on any atom is 0.234 e. The van der Waals surface area contributed by atoms with Gasteiger partial charge in [-0.15, -0.1) is 16.8 Å². The first kappa shape index (κ1) is 23.5. The summed E-state index contributed by atoms with van der Waals surface area (Å²) in [6, 6.07) is 12.3. The second-order valence-corrected chi connectivity index (χ2v) is 7.82. The number of benzene rings is 2. The van der Waals surface area contributed by atoms with E-state index in [2.05, 4.69) is 22.1 Å². The zero-order valence-corrected chi connectivity index (χ0v) is 19.3. The van der Waals surface area contributed by atoms with Gasteiger partial charge in [0.05, 0.1) is 25.7 Å². The number of carbonyl (C=O) groups excluding carboxylic acids is 1. The number of ether oxygens (including phenoxy) is 3. The topological polar surface area (TPSA) is 87.5 Å². The molecule has 0 bridgehead atoms. The lowest BCUT2D eigenvalue weighted by molar-refractivity contribution is -0.113. The first-order valence-corrected chi connectivity index (χ1v) is 11.0. The van der Waals surface area contributed by atoms with Crippen molar-refractivity contribution < 1.29 is 19.0 Å². The average Bonchev–Trinajstić information content (AvgIpc) is 3.19. The van der Waals surface area contributed by atoms with Gasteiger partial charge in [0.15, 0.2) is 11.0 Å². The van der Waals surface area contributed by atoms with Crippen LogP contribution in [0.2, 0.25) is 5.02 Å². The Bertz CT molecular complexity index is 1070. The zero-order chi connectivity index (χ0) is 22.9. The highest BCUT2D eigenvalue weighted by Gasteiger charge is 2.15. The number of anilines is 1. The van der Waals surface area contributed by atoms with Crippen molar-refractivity contribution in [2.24, 2.45) is 0 Å². The third-order valence-electron chi connectivity index (χ3n) is 4.30. The van der Waals surface area contributed by atoms with Gasteiger partial charge in [0, 0.05) is 17.6 Å². The minimum Gasteiger partial charge on any atom is -0.497 e. The molecule has 2 aromatic carbocycles. The van der Waals surface area contributed by atoms with Crippen molar-refractivity contribution in [1.82, 2.24) is 14.8 Å². The third kappa shape index (κ3) is 6.18. The minimum atomic E-state index is -0.203. The SMILES string of the molecule is C=CCn1c(COc2ccc(Cl)cc2)nnc1SCC(=O)Nc1ccc(OC)cc1OC. The lowest BCUT2D eigenvalue weighted by Crippen LogP contribution is -2.15. The number of halogens is 1. The van der Waals surface area contributed by atoms with Crippen LogP contribution in [-0.2, 0) is 17.9 Å². The summed E-state index contributed by atoms with van der Waals surface area (Å²) < 4.78 is 18.1. The molecule has 0 radical (unpaired) electrons. The zero-order valence-electron chi connectivity index (χ0n) is 17.7. The monoisotopic (exact) mass is 474 g/mol. The Morgan fingerprint density at radius 1 is 1.16 bits per heavy atom. The molecule has 0 saturated heterocycles. The number of nitrogens with zero attached hydrogens (tertiary/aromatic N) is 3. The predicted molar refractivity (Wildman–Crippen MR) is 125 cm³/mol. The molecule has 0 saturated carbocycles. The van der Waals surface area contributed by atoms with Gasteiger partial charge in [-0.1, -0.05) is 29.4 Å². The van der Waals surface area contributed by atoms with Gasteiger partial charge in [0.2, 0.25) is 5.91 Å². The molecule has 3 aromatic rings. The summed E-state index contributed by atoms with van der Waals surface area (Å²) >= 11 is 7.17. The third-order valence-corrected chi connectivity index (χ3v) is 5.52. The van der Waals surface area contributed by atoms with Gasteiger partial charge in [-0.05, 0) is 36.4 Å². The molecule has 0 fully saturated rings. The Morgan fingerprint density at radius 3 is 2.59 bits per heavy atom. The fraction of sp³-hybridized carbons (Fsp3) is 0.227. The Kier molecular flexibility index (Phi) is 8.41. The van der Waals surface area contributed by atoms with E-state index in [-0.39, 0.29) is 18.3 Å².